The van der Waals surface area contributed by atoms with Gasteiger partial charge in [-0.05, 0) is 13.8 Å². The van der Waals surface area contributed by atoms with Crippen molar-refractivity contribution in [3.8, 4) is 5.75 Å². The van der Waals surface area contributed by atoms with Gasteiger partial charge in [-0.1, -0.05) is 0 Å². The van der Waals surface area contributed by atoms with Crippen molar-refractivity contribution in [3.63, 3.8) is 0 Å². The maximum Gasteiger partial charge on any atom is 0.405 e. The Balaban J connectivity index is 3.23. The van der Waals surface area contributed by atoms with Gasteiger partial charge in [-0.2, -0.15) is 13.2 Å². The Labute approximate surface area is 108 Å². The molecule has 1 rings (SSSR count). The molecule has 1 heterocycles. The molecule has 0 aromatic carbocycles. The van der Waals surface area contributed by atoms with Gasteiger partial charge in [-0.25, -0.2) is 15.8 Å². The largest absolute Gasteiger partial charge is 0.490 e. The molecule has 0 unspecified atom stereocenters. The second-order valence-electron chi connectivity index (χ2n) is 4.06. The van der Waals surface area contributed by atoms with Gasteiger partial charge in [0.05, 0.1) is 7.11 Å². The zero-order valence-corrected chi connectivity index (χ0v) is 10.8. The molecule has 19 heavy (non-hydrogen) atoms. The molecule has 0 saturated heterocycles. The molecule has 0 bridgehead atoms. The van der Waals surface area contributed by atoms with Gasteiger partial charge in [0.1, 0.15) is 12.9 Å². The minimum atomic E-state index is -4.35. The third-order valence-corrected chi connectivity index (χ3v) is 2.37. The number of nitrogen functional groups attached to an aromatic ring is 1. The lowest BCUT2D eigenvalue weighted by Gasteiger charge is -2.30. The summed E-state index contributed by atoms with van der Waals surface area (Å²) in [6.45, 7) is 2.12. The quantitative estimate of drug-likeness (QED) is 0.629. The average Bonchev–Trinajstić information content (AvgIpc) is 2.33. The molecule has 9 heteroatoms. The van der Waals surface area contributed by atoms with Crippen LogP contribution >= 0.6 is 0 Å². The van der Waals surface area contributed by atoms with Crippen molar-refractivity contribution in [1.82, 2.24) is 9.97 Å². The SMILES string of the molecule is COc1c(NN)ncnc1N(CC(F)(F)F)C(C)C. The molecule has 0 aliphatic heterocycles. The van der Waals surface area contributed by atoms with Crippen LogP contribution in [0.2, 0.25) is 0 Å². The van der Waals surface area contributed by atoms with Gasteiger partial charge in [0.2, 0.25) is 5.75 Å². The maximum absolute atomic E-state index is 12.6. The summed E-state index contributed by atoms with van der Waals surface area (Å²) in [5.74, 6) is 5.47. The first-order valence-electron chi connectivity index (χ1n) is 5.49. The second-order valence-corrected chi connectivity index (χ2v) is 4.06. The van der Waals surface area contributed by atoms with Gasteiger partial charge in [0.25, 0.3) is 0 Å². The van der Waals surface area contributed by atoms with E-state index < -0.39 is 18.8 Å². The Morgan fingerprint density at radius 3 is 2.47 bits per heavy atom. The van der Waals surface area contributed by atoms with E-state index in [1.165, 1.54) is 7.11 Å². The standard InChI is InChI=1S/C10H16F3N5O/c1-6(2)18(4-10(11,12)13)9-7(19-3)8(17-14)15-5-16-9/h5-6H,4,14H2,1-3H3,(H,15,16,17). The van der Waals surface area contributed by atoms with E-state index in [1.807, 2.05) is 0 Å². The minimum absolute atomic E-state index is 0.0396. The number of nitrogens with two attached hydrogens (primary N) is 1. The van der Waals surface area contributed by atoms with E-state index in [-0.39, 0.29) is 17.4 Å². The van der Waals surface area contributed by atoms with E-state index in [0.29, 0.717) is 0 Å². The fraction of sp³-hybridized carbons (Fsp3) is 0.600. The van der Waals surface area contributed by atoms with E-state index >= 15 is 0 Å². The number of aromatic nitrogens is 2. The number of hydrogen-bond acceptors (Lipinski definition) is 6. The molecular weight excluding hydrogens is 263 g/mol. The molecule has 3 N–H and O–H groups in total. The number of nitrogens with one attached hydrogen (secondary N) is 1. The Morgan fingerprint density at radius 2 is 2.05 bits per heavy atom. The Morgan fingerprint density at radius 1 is 1.42 bits per heavy atom. The van der Waals surface area contributed by atoms with Crippen LogP contribution in [0.25, 0.3) is 0 Å². The highest BCUT2D eigenvalue weighted by Crippen LogP contribution is 2.34. The zero-order chi connectivity index (χ0) is 14.6. The van der Waals surface area contributed by atoms with Crippen LogP contribution < -0.4 is 20.9 Å². The first kappa shape index (κ1) is 15.3. The number of nitrogens with zero attached hydrogens (tertiary/aromatic N) is 3. The Bertz CT molecular complexity index is 424. The van der Waals surface area contributed by atoms with E-state index in [1.54, 1.807) is 13.8 Å². The monoisotopic (exact) mass is 279 g/mol. The van der Waals surface area contributed by atoms with Gasteiger partial charge in [0.15, 0.2) is 11.6 Å². The number of hydrazine groups is 1. The highest BCUT2D eigenvalue weighted by atomic mass is 19.4. The van der Waals surface area contributed by atoms with Crippen LogP contribution in [0, 0.1) is 0 Å². The highest BCUT2D eigenvalue weighted by molar-refractivity contribution is 5.64. The number of anilines is 2. The number of ether oxygens (including phenoxy) is 1. The third-order valence-electron chi connectivity index (χ3n) is 2.37. The van der Waals surface area contributed by atoms with E-state index in [2.05, 4.69) is 15.4 Å². The van der Waals surface area contributed by atoms with Crippen LogP contribution in [0.1, 0.15) is 13.8 Å². The number of hydrogen-bond donors (Lipinski definition) is 2. The molecule has 108 valence electrons. The summed E-state index contributed by atoms with van der Waals surface area (Å²) in [5.41, 5.74) is 2.26. The summed E-state index contributed by atoms with van der Waals surface area (Å²) < 4.78 is 42.8. The van der Waals surface area contributed by atoms with Crippen molar-refractivity contribution in [2.75, 3.05) is 24.0 Å². The molecule has 0 atom stereocenters. The molecule has 0 aliphatic rings. The molecular formula is C10H16F3N5O. The fourth-order valence-electron chi connectivity index (χ4n) is 1.55. The molecule has 1 aromatic heterocycles. The molecule has 0 aliphatic carbocycles. The number of halogens is 3. The zero-order valence-electron chi connectivity index (χ0n) is 10.8. The first-order chi connectivity index (χ1) is 8.80. The van der Waals surface area contributed by atoms with Crippen LogP contribution in [0.15, 0.2) is 6.33 Å². The summed E-state index contributed by atoms with van der Waals surface area (Å²) in [7, 11) is 1.31. The van der Waals surface area contributed by atoms with Crippen LogP contribution in [-0.4, -0.2) is 35.8 Å². The number of alkyl halides is 3. The van der Waals surface area contributed by atoms with E-state index in [9.17, 15) is 13.2 Å². The number of rotatable bonds is 5. The summed E-state index contributed by atoms with van der Waals surface area (Å²) >= 11 is 0. The van der Waals surface area contributed by atoms with Crippen molar-refractivity contribution in [2.45, 2.75) is 26.1 Å². The smallest absolute Gasteiger partial charge is 0.405 e. The predicted molar refractivity (Wildman–Crippen MR) is 64.9 cm³/mol. The van der Waals surface area contributed by atoms with Gasteiger partial charge in [0, 0.05) is 6.04 Å². The predicted octanol–water partition coefficient (Wildman–Crippen LogP) is 1.55. The first-order valence-corrected chi connectivity index (χ1v) is 5.49. The van der Waals surface area contributed by atoms with Gasteiger partial charge >= 0.3 is 6.18 Å². The minimum Gasteiger partial charge on any atom is -0.490 e. The van der Waals surface area contributed by atoms with Crippen molar-refractivity contribution < 1.29 is 17.9 Å². The molecule has 0 radical (unpaired) electrons. The van der Waals surface area contributed by atoms with Crippen LogP contribution in [0.4, 0.5) is 24.8 Å². The van der Waals surface area contributed by atoms with Crippen LogP contribution in [-0.2, 0) is 0 Å². The molecule has 0 spiro atoms. The normalized spacial score (nSPS) is 11.6. The third kappa shape index (κ3) is 3.85. The summed E-state index contributed by atoms with van der Waals surface area (Å²) in [5, 5.41) is 0. The molecule has 6 nitrogen and oxygen atoms in total. The topological polar surface area (TPSA) is 76.3 Å². The molecule has 0 fully saturated rings. The molecule has 0 amide bonds. The van der Waals surface area contributed by atoms with Crippen LogP contribution in [0.5, 0.6) is 5.75 Å². The second kappa shape index (κ2) is 5.91. The lowest BCUT2D eigenvalue weighted by atomic mass is 10.3. The molecule has 0 saturated carbocycles. The summed E-state index contributed by atoms with van der Waals surface area (Å²) in [6.07, 6.45) is -3.23. The van der Waals surface area contributed by atoms with Gasteiger partial charge in [-0.15, -0.1) is 0 Å². The Hall–Kier alpha value is -1.77. The summed E-state index contributed by atoms with van der Waals surface area (Å²) in [6, 6.07) is -0.420. The van der Waals surface area contributed by atoms with E-state index in [0.717, 1.165) is 11.2 Å². The van der Waals surface area contributed by atoms with Crippen LogP contribution in [0.3, 0.4) is 0 Å². The maximum atomic E-state index is 12.6. The van der Waals surface area contributed by atoms with Crippen molar-refractivity contribution >= 4 is 11.6 Å². The van der Waals surface area contributed by atoms with Crippen molar-refractivity contribution in [2.24, 2.45) is 5.84 Å². The lowest BCUT2D eigenvalue weighted by molar-refractivity contribution is -0.120. The summed E-state index contributed by atoms with van der Waals surface area (Å²) in [4.78, 5) is 8.72. The van der Waals surface area contributed by atoms with Gasteiger partial charge < -0.3 is 15.1 Å². The lowest BCUT2D eigenvalue weighted by Crippen LogP contribution is -2.40. The van der Waals surface area contributed by atoms with Crippen molar-refractivity contribution in [1.29, 1.82) is 0 Å². The average molecular weight is 279 g/mol. The van der Waals surface area contributed by atoms with Gasteiger partial charge in [-0.3, -0.25) is 0 Å². The van der Waals surface area contributed by atoms with E-state index in [4.69, 9.17) is 10.6 Å². The molecule has 1 aromatic rings. The number of methoxy groups -OCH3 is 1. The highest BCUT2D eigenvalue weighted by Gasteiger charge is 2.34. The Kier molecular flexibility index (Phi) is 4.76. The van der Waals surface area contributed by atoms with Crippen molar-refractivity contribution in [3.05, 3.63) is 6.33 Å². The fourth-order valence-corrected chi connectivity index (χ4v) is 1.55.